The predicted molar refractivity (Wildman–Crippen MR) is 51.7 cm³/mol. The monoisotopic (exact) mass is 220 g/mol. The third-order valence-electron chi connectivity index (χ3n) is 1.44. The number of phenolic OH excluding ortho intramolecular Hbond substituents is 1. The van der Waals surface area contributed by atoms with Crippen LogP contribution in [0.25, 0.3) is 0 Å². The maximum atomic E-state index is 10.9. The summed E-state index contributed by atoms with van der Waals surface area (Å²) >= 11 is 5.55. The van der Waals surface area contributed by atoms with Crippen molar-refractivity contribution in [3.63, 3.8) is 0 Å². The minimum atomic E-state index is -3.06. The number of hydrogen-bond donors (Lipinski definition) is 1. The van der Waals surface area contributed by atoms with Gasteiger partial charge in [0.2, 0.25) is 0 Å². The number of benzene rings is 1. The van der Waals surface area contributed by atoms with Crippen molar-refractivity contribution in [2.75, 3.05) is 6.26 Å². The second-order valence-corrected chi connectivity index (χ2v) is 5.40. The van der Waals surface area contributed by atoms with Crippen LogP contribution in [0.5, 0.6) is 5.75 Å². The predicted octanol–water partition coefficient (Wildman–Crippen LogP) is 1.59. The van der Waals surface area contributed by atoms with Crippen molar-refractivity contribution in [3.8, 4) is 5.75 Å². The van der Waals surface area contributed by atoms with Crippen molar-refractivity contribution in [2.24, 2.45) is 0 Å². The second-order valence-electron chi connectivity index (χ2n) is 2.86. The Hall–Kier alpha value is -0.740. The molecule has 0 aliphatic heterocycles. The van der Waals surface area contributed by atoms with Gasteiger partial charge in [-0.05, 0) is 17.7 Å². The SMILES string of the molecule is CS(=O)(=O)Cc1ccc(Cl)c(O)c1. The third-order valence-corrected chi connectivity index (χ3v) is 2.62. The molecule has 0 aliphatic carbocycles. The van der Waals surface area contributed by atoms with Gasteiger partial charge < -0.3 is 5.11 Å². The molecule has 13 heavy (non-hydrogen) atoms. The molecule has 0 atom stereocenters. The van der Waals surface area contributed by atoms with Gasteiger partial charge in [-0.3, -0.25) is 0 Å². The van der Waals surface area contributed by atoms with E-state index in [0.29, 0.717) is 5.56 Å². The van der Waals surface area contributed by atoms with Crippen LogP contribution in [0.1, 0.15) is 5.56 Å². The highest BCUT2D eigenvalue weighted by Gasteiger charge is 2.06. The summed E-state index contributed by atoms with van der Waals surface area (Å²) in [5.41, 5.74) is 0.532. The van der Waals surface area contributed by atoms with E-state index in [1.807, 2.05) is 0 Å². The number of hydrogen-bond acceptors (Lipinski definition) is 3. The number of halogens is 1. The Morgan fingerprint density at radius 2 is 2.08 bits per heavy atom. The van der Waals surface area contributed by atoms with Crippen LogP contribution in [0.3, 0.4) is 0 Å². The Morgan fingerprint density at radius 1 is 1.46 bits per heavy atom. The topological polar surface area (TPSA) is 54.4 Å². The van der Waals surface area contributed by atoms with Gasteiger partial charge in [-0.1, -0.05) is 17.7 Å². The zero-order valence-corrected chi connectivity index (χ0v) is 8.56. The molecule has 0 saturated carbocycles. The van der Waals surface area contributed by atoms with Crippen LogP contribution in [0.2, 0.25) is 5.02 Å². The molecule has 0 saturated heterocycles. The van der Waals surface area contributed by atoms with E-state index in [1.165, 1.54) is 12.1 Å². The molecule has 5 heteroatoms. The highest BCUT2D eigenvalue weighted by atomic mass is 35.5. The van der Waals surface area contributed by atoms with Gasteiger partial charge >= 0.3 is 0 Å². The average Bonchev–Trinajstić information content (AvgIpc) is 1.94. The molecule has 0 spiro atoms. The van der Waals surface area contributed by atoms with Crippen LogP contribution in [-0.4, -0.2) is 19.8 Å². The van der Waals surface area contributed by atoms with Gasteiger partial charge in [0.05, 0.1) is 10.8 Å². The molecule has 1 aromatic rings. The number of aromatic hydroxyl groups is 1. The summed E-state index contributed by atoms with van der Waals surface area (Å²) in [7, 11) is -3.06. The van der Waals surface area contributed by atoms with Crippen LogP contribution in [0.15, 0.2) is 18.2 Å². The lowest BCUT2D eigenvalue weighted by molar-refractivity contribution is 0.475. The van der Waals surface area contributed by atoms with E-state index in [4.69, 9.17) is 11.6 Å². The summed E-state index contributed by atoms with van der Waals surface area (Å²) in [4.78, 5) is 0. The largest absolute Gasteiger partial charge is 0.506 e. The molecular weight excluding hydrogens is 212 g/mol. The fraction of sp³-hybridized carbons (Fsp3) is 0.250. The van der Waals surface area contributed by atoms with Crippen molar-refractivity contribution in [2.45, 2.75) is 5.75 Å². The summed E-state index contributed by atoms with van der Waals surface area (Å²) in [5, 5.41) is 9.39. The smallest absolute Gasteiger partial charge is 0.151 e. The molecule has 0 bridgehead atoms. The number of rotatable bonds is 2. The Bertz CT molecular complexity index is 411. The summed E-state index contributed by atoms with van der Waals surface area (Å²) in [6.45, 7) is 0. The number of sulfone groups is 1. The Labute approximate surface area is 81.9 Å². The molecule has 0 radical (unpaired) electrons. The maximum absolute atomic E-state index is 10.9. The lowest BCUT2D eigenvalue weighted by atomic mass is 10.2. The highest BCUT2D eigenvalue weighted by Crippen LogP contribution is 2.24. The normalized spacial score (nSPS) is 11.5. The molecular formula is C8H9ClO3S. The fourth-order valence-electron chi connectivity index (χ4n) is 0.951. The van der Waals surface area contributed by atoms with E-state index in [0.717, 1.165) is 6.26 Å². The summed E-state index contributed by atoms with van der Waals surface area (Å²) < 4.78 is 21.8. The molecule has 0 amide bonds. The van der Waals surface area contributed by atoms with Gasteiger partial charge in [0.15, 0.2) is 9.84 Å². The fourth-order valence-corrected chi connectivity index (χ4v) is 1.85. The Morgan fingerprint density at radius 3 is 2.54 bits per heavy atom. The van der Waals surface area contributed by atoms with Crippen molar-refractivity contribution in [1.29, 1.82) is 0 Å². The molecule has 3 nitrogen and oxygen atoms in total. The lowest BCUT2D eigenvalue weighted by Gasteiger charge is -2.01. The van der Waals surface area contributed by atoms with Crippen molar-refractivity contribution < 1.29 is 13.5 Å². The van der Waals surface area contributed by atoms with Crippen molar-refractivity contribution in [1.82, 2.24) is 0 Å². The first-order valence-electron chi connectivity index (χ1n) is 3.53. The molecule has 72 valence electrons. The highest BCUT2D eigenvalue weighted by molar-refractivity contribution is 7.89. The molecule has 1 rings (SSSR count). The van der Waals surface area contributed by atoms with E-state index in [1.54, 1.807) is 6.07 Å². The van der Waals surface area contributed by atoms with E-state index in [2.05, 4.69) is 0 Å². The maximum Gasteiger partial charge on any atom is 0.151 e. The first kappa shape index (κ1) is 10.3. The van der Waals surface area contributed by atoms with Crippen LogP contribution < -0.4 is 0 Å². The van der Waals surface area contributed by atoms with Gasteiger partial charge in [-0.2, -0.15) is 0 Å². The zero-order valence-electron chi connectivity index (χ0n) is 6.99. The molecule has 1 aromatic carbocycles. The van der Waals surface area contributed by atoms with E-state index in [9.17, 15) is 13.5 Å². The first-order chi connectivity index (χ1) is 5.88. The third kappa shape index (κ3) is 3.24. The van der Waals surface area contributed by atoms with Gasteiger partial charge in [0, 0.05) is 6.26 Å². The average molecular weight is 221 g/mol. The molecule has 1 N–H and O–H groups in total. The molecule has 0 aliphatic rings. The Kier molecular flexibility index (Phi) is 2.83. The minimum Gasteiger partial charge on any atom is -0.506 e. The van der Waals surface area contributed by atoms with Crippen molar-refractivity contribution in [3.05, 3.63) is 28.8 Å². The molecule has 0 heterocycles. The quantitative estimate of drug-likeness (QED) is 0.824. The molecule has 0 fully saturated rings. The van der Waals surface area contributed by atoms with Crippen LogP contribution in [0.4, 0.5) is 0 Å². The summed E-state index contributed by atoms with van der Waals surface area (Å²) in [6.07, 6.45) is 1.14. The van der Waals surface area contributed by atoms with Gasteiger partial charge in [-0.25, -0.2) is 8.42 Å². The van der Waals surface area contributed by atoms with Crippen molar-refractivity contribution >= 4 is 21.4 Å². The van der Waals surface area contributed by atoms with E-state index >= 15 is 0 Å². The lowest BCUT2D eigenvalue weighted by Crippen LogP contribution is -2.00. The minimum absolute atomic E-state index is 0.0856. The summed E-state index contributed by atoms with van der Waals surface area (Å²) in [5.74, 6) is -0.180. The van der Waals surface area contributed by atoms with Crippen LogP contribution in [0, 0.1) is 0 Å². The molecule has 0 unspecified atom stereocenters. The van der Waals surface area contributed by atoms with E-state index < -0.39 is 9.84 Å². The first-order valence-corrected chi connectivity index (χ1v) is 5.97. The molecule has 0 aromatic heterocycles. The zero-order chi connectivity index (χ0) is 10.1. The van der Waals surface area contributed by atoms with Gasteiger partial charge in [0.1, 0.15) is 5.75 Å². The van der Waals surface area contributed by atoms with Gasteiger partial charge in [-0.15, -0.1) is 0 Å². The number of phenols is 1. The standard InChI is InChI=1S/C8H9ClO3S/c1-13(11,12)5-6-2-3-7(9)8(10)4-6/h2-4,10H,5H2,1H3. The van der Waals surface area contributed by atoms with Gasteiger partial charge in [0.25, 0.3) is 0 Å². The summed E-state index contributed by atoms with van der Waals surface area (Å²) in [6, 6.07) is 4.39. The van der Waals surface area contributed by atoms with E-state index in [-0.39, 0.29) is 16.5 Å². The second kappa shape index (κ2) is 3.55. The van der Waals surface area contributed by atoms with Crippen LogP contribution >= 0.6 is 11.6 Å². The Balaban J connectivity index is 2.99. The van der Waals surface area contributed by atoms with Crippen LogP contribution in [-0.2, 0) is 15.6 Å².